The van der Waals surface area contributed by atoms with Crippen LogP contribution < -0.4 is 14.8 Å². The number of thiocarbonyl (C=S) groups is 1. The van der Waals surface area contributed by atoms with Crippen LogP contribution in [0.2, 0.25) is 0 Å². The van der Waals surface area contributed by atoms with Crippen molar-refractivity contribution in [1.29, 1.82) is 0 Å². The van der Waals surface area contributed by atoms with Crippen LogP contribution in [0.25, 0.3) is 6.08 Å². The van der Waals surface area contributed by atoms with E-state index in [9.17, 15) is 9.59 Å². The summed E-state index contributed by atoms with van der Waals surface area (Å²) in [6, 6.07) is 8.75. The molecule has 1 aliphatic heterocycles. The van der Waals surface area contributed by atoms with Gasteiger partial charge in [0.25, 0.3) is 11.8 Å². The highest BCUT2D eigenvalue weighted by Gasteiger charge is 2.32. The lowest BCUT2D eigenvalue weighted by atomic mass is 10.2. The van der Waals surface area contributed by atoms with Gasteiger partial charge in [-0.1, -0.05) is 30.0 Å². The highest BCUT2D eigenvalue weighted by molar-refractivity contribution is 8.26. The monoisotopic (exact) mass is 487 g/mol. The number of thiazole rings is 1. The molecule has 3 aromatic rings. The summed E-state index contributed by atoms with van der Waals surface area (Å²) in [5.41, 5.74) is 0.736. The Labute approximate surface area is 197 Å². The Bertz CT molecular complexity index is 1160. The first-order chi connectivity index (χ1) is 15.5. The van der Waals surface area contributed by atoms with Gasteiger partial charge in [-0.25, -0.2) is 4.98 Å². The topological polar surface area (TPSA) is 93.9 Å². The number of nitrogens with one attached hydrogen (secondary N) is 1. The SMILES string of the molecule is COc1cc(/C=C2\SC(=S)N(Cc3ccco3)C2=O)ccc1OCC(=O)Nc1nccs1. The van der Waals surface area contributed by atoms with Gasteiger partial charge >= 0.3 is 0 Å². The molecule has 164 valence electrons. The van der Waals surface area contributed by atoms with Crippen LogP contribution in [-0.4, -0.2) is 39.7 Å². The Hall–Kier alpha value is -3.15. The van der Waals surface area contributed by atoms with Crippen LogP contribution in [0.3, 0.4) is 0 Å². The van der Waals surface area contributed by atoms with E-state index < -0.39 is 0 Å². The Kier molecular flexibility index (Phi) is 6.88. The third kappa shape index (κ3) is 5.18. The Balaban J connectivity index is 1.43. The zero-order valence-electron chi connectivity index (χ0n) is 16.8. The van der Waals surface area contributed by atoms with Crippen LogP contribution in [0.15, 0.2) is 57.5 Å². The van der Waals surface area contributed by atoms with E-state index in [1.54, 1.807) is 54.2 Å². The normalized spacial score (nSPS) is 14.8. The number of hydrogen-bond donors (Lipinski definition) is 1. The van der Waals surface area contributed by atoms with Crippen LogP contribution in [0.4, 0.5) is 5.13 Å². The minimum absolute atomic E-state index is 0.186. The smallest absolute Gasteiger partial charge is 0.266 e. The van der Waals surface area contributed by atoms with E-state index in [1.165, 1.54) is 35.1 Å². The van der Waals surface area contributed by atoms with Crippen molar-refractivity contribution in [1.82, 2.24) is 9.88 Å². The summed E-state index contributed by atoms with van der Waals surface area (Å²) in [6.07, 6.45) is 4.90. The van der Waals surface area contributed by atoms with Crippen molar-refractivity contribution in [3.8, 4) is 11.5 Å². The van der Waals surface area contributed by atoms with Crippen molar-refractivity contribution in [3.63, 3.8) is 0 Å². The Morgan fingerprint density at radius 2 is 2.22 bits per heavy atom. The fourth-order valence-electron chi connectivity index (χ4n) is 2.82. The molecule has 11 heteroatoms. The van der Waals surface area contributed by atoms with E-state index in [0.717, 1.165) is 5.56 Å². The molecule has 1 saturated heterocycles. The number of ether oxygens (including phenoxy) is 2. The van der Waals surface area contributed by atoms with Crippen molar-refractivity contribution in [2.45, 2.75) is 6.54 Å². The predicted octanol–water partition coefficient (Wildman–Crippen LogP) is 4.16. The van der Waals surface area contributed by atoms with E-state index in [4.69, 9.17) is 26.1 Å². The van der Waals surface area contributed by atoms with Crippen molar-refractivity contribution in [2.24, 2.45) is 0 Å². The number of benzene rings is 1. The summed E-state index contributed by atoms with van der Waals surface area (Å²) in [4.78, 5) is 30.8. The molecule has 0 unspecified atom stereocenters. The number of anilines is 1. The number of rotatable bonds is 8. The molecule has 1 aliphatic rings. The first-order valence-electron chi connectivity index (χ1n) is 9.31. The van der Waals surface area contributed by atoms with Gasteiger partial charge in [-0.05, 0) is 35.9 Å². The van der Waals surface area contributed by atoms with E-state index in [-0.39, 0.29) is 25.0 Å². The van der Waals surface area contributed by atoms with Crippen LogP contribution >= 0.6 is 35.3 Å². The first-order valence-corrected chi connectivity index (χ1v) is 11.4. The number of aromatic nitrogens is 1. The highest BCUT2D eigenvalue weighted by Crippen LogP contribution is 2.35. The van der Waals surface area contributed by atoms with Crippen LogP contribution in [0.5, 0.6) is 11.5 Å². The number of methoxy groups -OCH3 is 1. The van der Waals surface area contributed by atoms with Gasteiger partial charge in [-0.3, -0.25) is 19.8 Å². The zero-order valence-corrected chi connectivity index (χ0v) is 19.2. The van der Waals surface area contributed by atoms with Crippen LogP contribution in [0, 0.1) is 0 Å². The highest BCUT2D eigenvalue weighted by atomic mass is 32.2. The van der Waals surface area contributed by atoms with Gasteiger partial charge in [0.15, 0.2) is 23.2 Å². The summed E-state index contributed by atoms with van der Waals surface area (Å²) in [5.74, 6) is 0.988. The van der Waals surface area contributed by atoms with Crippen LogP contribution in [-0.2, 0) is 16.1 Å². The van der Waals surface area contributed by atoms with E-state index >= 15 is 0 Å². The summed E-state index contributed by atoms with van der Waals surface area (Å²) in [7, 11) is 1.50. The second-order valence-electron chi connectivity index (χ2n) is 6.43. The van der Waals surface area contributed by atoms with Crippen molar-refractivity contribution >= 4 is 62.7 Å². The number of hydrogen-bond acceptors (Lipinski definition) is 9. The molecule has 0 atom stereocenters. The fourth-order valence-corrected chi connectivity index (χ4v) is 4.62. The number of amides is 2. The lowest BCUT2D eigenvalue weighted by molar-refractivity contribution is -0.122. The van der Waals surface area contributed by atoms with Crippen molar-refractivity contribution in [3.05, 3.63) is 64.4 Å². The molecule has 0 radical (unpaired) electrons. The minimum atomic E-state index is -0.327. The van der Waals surface area contributed by atoms with Gasteiger partial charge in [0.1, 0.15) is 10.1 Å². The maximum Gasteiger partial charge on any atom is 0.266 e. The second-order valence-corrected chi connectivity index (χ2v) is 9.00. The van der Waals surface area contributed by atoms with Gasteiger partial charge < -0.3 is 13.9 Å². The average Bonchev–Trinajstić information content (AvgIpc) is 3.53. The van der Waals surface area contributed by atoms with Crippen LogP contribution in [0.1, 0.15) is 11.3 Å². The lowest BCUT2D eigenvalue weighted by Crippen LogP contribution is -2.27. The Morgan fingerprint density at radius 1 is 1.34 bits per heavy atom. The first kappa shape index (κ1) is 22.1. The van der Waals surface area contributed by atoms with E-state index in [1.807, 2.05) is 0 Å². The average molecular weight is 488 g/mol. The molecule has 32 heavy (non-hydrogen) atoms. The summed E-state index contributed by atoms with van der Waals surface area (Å²) >= 11 is 7.90. The number of carbonyl (C=O) groups excluding carboxylic acids is 2. The molecule has 1 aromatic carbocycles. The molecule has 8 nitrogen and oxygen atoms in total. The van der Waals surface area contributed by atoms with Crippen molar-refractivity contribution in [2.75, 3.05) is 19.0 Å². The molecular weight excluding hydrogens is 470 g/mol. The summed E-state index contributed by atoms with van der Waals surface area (Å²) < 4.78 is 16.8. The molecule has 2 aromatic heterocycles. The maximum atomic E-state index is 12.8. The molecule has 4 rings (SSSR count). The zero-order chi connectivity index (χ0) is 22.5. The van der Waals surface area contributed by atoms with E-state index in [0.29, 0.717) is 31.6 Å². The molecule has 1 fully saturated rings. The summed E-state index contributed by atoms with van der Waals surface area (Å²) in [6.45, 7) is 0.0921. The number of furan rings is 1. The van der Waals surface area contributed by atoms with E-state index in [2.05, 4.69) is 10.3 Å². The Morgan fingerprint density at radius 3 is 2.94 bits per heavy atom. The molecule has 0 saturated carbocycles. The van der Waals surface area contributed by atoms with Crippen molar-refractivity contribution < 1.29 is 23.5 Å². The second kappa shape index (κ2) is 9.98. The largest absolute Gasteiger partial charge is 0.493 e. The number of nitrogens with zero attached hydrogens (tertiary/aromatic N) is 2. The molecular formula is C21H17N3O5S3. The summed E-state index contributed by atoms with van der Waals surface area (Å²) in [5, 5.41) is 4.92. The van der Waals surface area contributed by atoms with Gasteiger partial charge in [0, 0.05) is 11.6 Å². The number of carbonyl (C=O) groups is 2. The van der Waals surface area contributed by atoms with Gasteiger partial charge in [0.2, 0.25) is 0 Å². The molecule has 0 spiro atoms. The molecule has 0 aliphatic carbocycles. The maximum absolute atomic E-state index is 12.8. The van der Waals surface area contributed by atoms with Gasteiger partial charge in [-0.2, -0.15) is 0 Å². The fraction of sp³-hybridized carbons (Fsp3) is 0.143. The molecule has 2 amide bonds. The quantitative estimate of drug-likeness (QED) is 0.374. The molecule has 1 N–H and O–H groups in total. The molecule has 0 bridgehead atoms. The number of thioether (sulfide) groups is 1. The van der Waals surface area contributed by atoms with Gasteiger partial charge in [-0.15, -0.1) is 11.3 Å². The lowest BCUT2D eigenvalue weighted by Gasteiger charge is -2.12. The predicted molar refractivity (Wildman–Crippen MR) is 127 cm³/mol. The third-order valence-electron chi connectivity index (χ3n) is 4.29. The van der Waals surface area contributed by atoms with Gasteiger partial charge in [0.05, 0.1) is 24.8 Å². The molecule has 3 heterocycles. The minimum Gasteiger partial charge on any atom is -0.493 e. The third-order valence-corrected chi connectivity index (χ3v) is 6.36. The standard InChI is InChI=1S/C21H17N3O5S3/c1-27-16-9-13(4-5-15(16)29-12-18(25)23-20-22-6-8-31-20)10-17-19(26)24(21(30)32-17)11-14-3-2-7-28-14/h2-10H,11-12H2,1H3,(H,22,23,25)/b17-10-.